The lowest BCUT2D eigenvalue weighted by Crippen LogP contribution is -2.51. The summed E-state index contributed by atoms with van der Waals surface area (Å²) in [5.41, 5.74) is 7.70. The molecule has 0 aliphatic heterocycles. The molecule has 0 fully saturated rings. The fourth-order valence-electron chi connectivity index (χ4n) is 3.68. The number of carbonyl (C=O) groups excluding carboxylic acids is 3. The SMILES string of the molecule is CC(C)C[C@H](N)C(=O)O[C@H](C(=O)N(C)[C@@H](Cc1ccccc1)C(=O)OCc1ccccc1)C(C)C. The predicted molar refractivity (Wildman–Crippen MR) is 135 cm³/mol. The lowest BCUT2D eigenvalue weighted by atomic mass is 10.0. The van der Waals surface area contributed by atoms with Crippen molar-refractivity contribution in [3.8, 4) is 0 Å². The largest absolute Gasteiger partial charge is 0.459 e. The molecule has 0 aliphatic carbocycles. The molecule has 0 saturated heterocycles. The molecule has 0 heterocycles. The Morgan fingerprint density at radius 3 is 1.91 bits per heavy atom. The minimum atomic E-state index is -1.06. The van der Waals surface area contributed by atoms with E-state index in [2.05, 4.69) is 0 Å². The summed E-state index contributed by atoms with van der Waals surface area (Å²) in [7, 11) is 1.54. The number of ether oxygens (including phenoxy) is 2. The Hall–Kier alpha value is -3.19. The standard InChI is InChI=1S/C28H38N2O5/c1-19(2)16-23(29)27(32)35-25(20(3)4)26(31)30(5)24(17-21-12-8-6-9-13-21)28(33)34-18-22-14-10-7-11-15-22/h6-15,19-20,23-25H,16-18,29H2,1-5H3/t23-,24-,25-/m0/s1. The fraction of sp³-hybridized carbons (Fsp3) is 0.464. The van der Waals surface area contributed by atoms with Crippen LogP contribution in [0.4, 0.5) is 0 Å². The molecule has 3 atom stereocenters. The zero-order valence-electron chi connectivity index (χ0n) is 21.3. The molecule has 2 N–H and O–H groups in total. The van der Waals surface area contributed by atoms with Crippen LogP contribution in [0.15, 0.2) is 60.7 Å². The van der Waals surface area contributed by atoms with Gasteiger partial charge in [0, 0.05) is 13.5 Å². The number of nitrogens with two attached hydrogens (primary N) is 1. The molecule has 2 aromatic rings. The Morgan fingerprint density at radius 2 is 1.40 bits per heavy atom. The average molecular weight is 483 g/mol. The van der Waals surface area contributed by atoms with Gasteiger partial charge in [-0.25, -0.2) is 4.79 Å². The Bertz CT molecular complexity index is 946. The average Bonchev–Trinajstić information content (AvgIpc) is 2.84. The Kier molecular flexibility index (Phi) is 10.9. The molecule has 0 aliphatic rings. The van der Waals surface area contributed by atoms with Gasteiger partial charge in [0.1, 0.15) is 18.7 Å². The second-order valence-electron chi connectivity index (χ2n) is 9.59. The summed E-state index contributed by atoms with van der Waals surface area (Å²) in [4.78, 5) is 40.5. The maximum Gasteiger partial charge on any atom is 0.329 e. The molecule has 0 unspecified atom stereocenters. The normalized spacial score (nSPS) is 13.7. The van der Waals surface area contributed by atoms with Gasteiger partial charge in [-0.05, 0) is 29.4 Å². The smallest absolute Gasteiger partial charge is 0.329 e. The molecule has 190 valence electrons. The van der Waals surface area contributed by atoms with Gasteiger partial charge in [0.15, 0.2) is 6.10 Å². The Morgan fingerprint density at radius 1 is 0.857 bits per heavy atom. The van der Waals surface area contributed by atoms with Crippen molar-refractivity contribution in [1.82, 2.24) is 4.90 Å². The van der Waals surface area contributed by atoms with Crippen molar-refractivity contribution in [2.45, 2.75) is 65.3 Å². The van der Waals surface area contributed by atoms with Gasteiger partial charge in [0.05, 0.1) is 0 Å². The molecule has 2 rings (SSSR count). The van der Waals surface area contributed by atoms with Gasteiger partial charge in [0.25, 0.3) is 5.91 Å². The Labute approximate surface area is 208 Å². The number of hydrogen-bond donors (Lipinski definition) is 1. The number of benzene rings is 2. The van der Waals surface area contributed by atoms with Gasteiger partial charge in [-0.1, -0.05) is 88.4 Å². The minimum Gasteiger partial charge on any atom is -0.459 e. The number of amides is 1. The van der Waals surface area contributed by atoms with E-state index in [0.29, 0.717) is 6.42 Å². The summed E-state index contributed by atoms with van der Waals surface area (Å²) in [6.45, 7) is 7.59. The van der Waals surface area contributed by atoms with E-state index < -0.39 is 36.0 Å². The molecule has 0 aromatic heterocycles. The van der Waals surface area contributed by atoms with E-state index in [0.717, 1.165) is 11.1 Å². The highest BCUT2D eigenvalue weighted by molar-refractivity contribution is 5.89. The van der Waals surface area contributed by atoms with Crippen molar-refractivity contribution in [1.29, 1.82) is 0 Å². The number of rotatable bonds is 12. The van der Waals surface area contributed by atoms with Crippen LogP contribution in [0.5, 0.6) is 0 Å². The van der Waals surface area contributed by atoms with Gasteiger partial charge >= 0.3 is 11.9 Å². The summed E-state index contributed by atoms with van der Waals surface area (Å²) < 4.78 is 11.1. The van der Waals surface area contributed by atoms with E-state index in [1.54, 1.807) is 13.8 Å². The van der Waals surface area contributed by atoms with E-state index in [-0.39, 0.29) is 24.9 Å². The molecule has 1 amide bonds. The van der Waals surface area contributed by atoms with Crippen LogP contribution >= 0.6 is 0 Å². The van der Waals surface area contributed by atoms with Crippen LogP contribution in [0.1, 0.15) is 45.2 Å². The number of likely N-dealkylation sites (N-methyl/N-ethyl adjacent to an activating group) is 1. The van der Waals surface area contributed by atoms with Gasteiger partial charge in [-0.15, -0.1) is 0 Å². The second-order valence-corrected chi connectivity index (χ2v) is 9.59. The Balaban J connectivity index is 2.21. The summed E-state index contributed by atoms with van der Waals surface area (Å²) in [6.07, 6.45) is -0.343. The molecule has 7 nitrogen and oxygen atoms in total. The van der Waals surface area contributed by atoms with E-state index in [1.807, 2.05) is 74.5 Å². The molecular formula is C28H38N2O5. The molecule has 2 aromatic carbocycles. The summed E-state index contributed by atoms with van der Waals surface area (Å²) >= 11 is 0. The quantitative estimate of drug-likeness (QED) is 0.463. The van der Waals surface area contributed by atoms with Crippen LogP contribution in [0.25, 0.3) is 0 Å². The van der Waals surface area contributed by atoms with Crippen molar-refractivity contribution < 1.29 is 23.9 Å². The monoisotopic (exact) mass is 482 g/mol. The third-order valence-corrected chi connectivity index (χ3v) is 5.70. The van der Waals surface area contributed by atoms with Crippen molar-refractivity contribution in [3.05, 3.63) is 71.8 Å². The number of esters is 2. The van der Waals surface area contributed by atoms with Crippen LogP contribution in [-0.2, 0) is 36.9 Å². The maximum atomic E-state index is 13.5. The first-order chi connectivity index (χ1) is 16.6. The molecule has 7 heteroatoms. The highest BCUT2D eigenvalue weighted by Gasteiger charge is 2.36. The van der Waals surface area contributed by atoms with Crippen LogP contribution in [-0.4, -0.2) is 48.0 Å². The van der Waals surface area contributed by atoms with Crippen LogP contribution in [0.3, 0.4) is 0 Å². The lowest BCUT2D eigenvalue weighted by molar-refractivity contribution is -0.168. The van der Waals surface area contributed by atoms with Gasteiger partial charge in [0.2, 0.25) is 0 Å². The number of nitrogens with zero attached hydrogens (tertiary/aromatic N) is 1. The third kappa shape index (κ3) is 8.83. The van der Waals surface area contributed by atoms with Gasteiger partial charge < -0.3 is 20.1 Å². The maximum absolute atomic E-state index is 13.5. The zero-order valence-corrected chi connectivity index (χ0v) is 21.3. The predicted octanol–water partition coefficient (Wildman–Crippen LogP) is 3.74. The van der Waals surface area contributed by atoms with Crippen molar-refractivity contribution in [3.63, 3.8) is 0 Å². The van der Waals surface area contributed by atoms with Crippen molar-refractivity contribution in [2.24, 2.45) is 17.6 Å². The molecule has 0 saturated carbocycles. The number of carbonyl (C=O) groups is 3. The van der Waals surface area contributed by atoms with E-state index in [1.165, 1.54) is 11.9 Å². The first-order valence-electron chi connectivity index (χ1n) is 12.1. The first-order valence-corrected chi connectivity index (χ1v) is 12.1. The van der Waals surface area contributed by atoms with Crippen LogP contribution in [0, 0.1) is 11.8 Å². The lowest BCUT2D eigenvalue weighted by Gasteiger charge is -2.31. The highest BCUT2D eigenvalue weighted by Crippen LogP contribution is 2.18. The van der Waals surface area contributed by atoms with Crippen molar-refractivity contribution >= 4 is 17.8 Å². The molecule has 0 bridgehead atoms. The van der Waals surface area contributed by atoms with E-state index in [9.17, 15) is 14.4 Å². The second kappa shape index (κ2) is 13.6. The molecule has 0 radical (unpaired) electrons. The van der Waals surface area contributed by atoms with Crippen molar-refractivity contribution in [2.75, 3.05) is 7.05 Å². The zero-order chi connectivity index (χ0) is 26.0. The van der Waals surface area contributed by atoms with Gasteiger partial charge in [-0.3, -0.25) is 9.59 Å². The summed E-state index contributed by atoms with van der Waals surface area (Å²) in [6, 6.07) is 17.1. The minimum absolute atomic E-state index is 0.0969. The number of hydrogen-bond acceptors (Lipinski definition) is 6. The molecular weight excluding hydrogens is 444 g/mol. The van der Waals surface area contributed by atoms with E-state index >= 15 is 0 Å². The summed E-state index contributed by atoms with van der Waals surface area (Å²) in [5, 5.41) is 0. The topological polar surface area (TPSA) is 98.9 Å². The summed E-state index contributed by atoms with van der Waals surface area (Å²) in [5.74, 6) is -1.71. The van der Waals surface area contributed by atoms with E-state index in [4.69, 9.17) is 15.2 Å². The van der Waals surface area contributed by atoms with Gasteiger partial charge in [-0.2, -0.15) is 0 Å². The first kappa shape index (κ1) is 28.1. The fourth-order valence-corrected chi connectivity index (χ4v) is 3.68. The van der Waals surface area contributed by atoms with Crippen LogP contribution < -0.4 is 5.73 Å². The molecule has 0 spiro atoms. The highest BCUT2D eigenvalue weighted by atomic mass is 16.6. The molecule has 35 heavy (non-hydrogen) atoms. The van der Waals surface area contributed by atoms with Crippen LogP contribution in [0.2, 0.25) is 0 Å². The third-order valence-electron chi connectivity index (χ3n) is 5.70.